The van der Waals surface area contributed by atoms with Crippen LogP contribution in [0.15, 0.2) is 54.6 Å². The van der Waals surface area contributed by atoms with Crippen LogP contribution in [0.1, 0.15) is 55.1 Å². The average Bonchev–Trinajstić information content (AvgIpc) is 3.44. The van der Waals surface area contributed by atoms with Gasteiger partial charge in [-0.15, -0.1) is 0 Å². The van der Waals surface area contributed by atoms with Gasteiger partial charge in [-0.1, -0.05) is 36.4 Å². The molecule has 240 valence electrons. The molecule has 3 aromatic rings. The Morgan fingerprint density at radius 1 is 1.07 bits per heavy atom. The highest BCUT2D eigenvalue weighted by molar-refractivity contribution is 5.94. The molecule has 0 saturated carbocycles. The number of benzene rings is 2. The highest BCUT2D eigenvalue weighted by Crippen LogP contribution is 2.41. The molecule has 2 saturated heterocycles. The number of hydrogen-bond acceptors (Lipinski definition) is 8. The summed E-state index contributed by atoms with van der Waals surface area (Å²) in [6.45, 7) is 6.69. The zero-order chi connectivity index (χ0) is 32.4. The second-order valence-electron chi connectivity index (χ2n) is 11.6. The number of aromatic nitrogens is 2. The van der Waals surface area contributed by atoms with Crippen molar-refractivity contribution in [3.05, 3.63) is 65.7 Å². The summed E-state index contributed by atoms with van der Waals surface area (Å²) in [5.74, 6) is -1.11. The monoisotopic (exact) mass is 626 g/mol. The molecule has 2 fully saturated rings. The number of anilines is 2. The number of rotatable bonds is 9. The zero-order valence-corrected chi connectivity index (χ0v) is 25.2. The lowest BCUT2D eigenvalue weighted by Crippen LogP contribution is -2.41. The first-order chi connectivity index (χ1) is 21.4. The predicted molar refractivity (Wildman–Crippen MR) is 163 cm³/mol. The third-order valence-corrected chi connectivity index (χ3v) is 8.78. The van der Waals surface area contributed by atoms with E-state index in [0.717, 1.165) is 5.56 Å². The fourth-order valence-corrected chi connectivity index (χ4v) is 6.13. The second kappa shape index (κ2) is 12.9. The van der Waals surface area contributed by atoms with Gasteiger partial charge >= 0.3 is 12.1 Å². The fourth-order valence-electron chi connectivity index (χ4n) is 6.13. The van der Waals surface area contributed by atoms with E-state index < -0.39 is 24.3 Å². The van der Waals surface area contributed by atoms with Crippen molar-refractivity contribution in [3.63, 3.8) is 0 Å². The highest BCUT2D eigenvalue weighted by atomic mass is 19.4. The van der Waals surface area contributed by atoms with E-state index in [2.05, 4.69) is 15.3 Å². The van der Waals surface area contributed by atoms with E-state index in [4.69, 9.17) is 10.5 Å². The van der Waals surface area contributed by atoms with E-state index in [1.165, 1.54) is 18.2 Å². The first kappa shape index (κ1) is 32.0. The maximum Gasteiger partial charge on any atom is 0.429 e. The van der Waals surface area contributed by atoms with Crippen molar-refractivity contribution in [2.24, 2.45) is 5.41 Å². The Kier molecular flexibility index (Phi) is 9.19. The largest absolute Gasteiger partial charge is 0.480 e. The second-order valence-corrected chi connectivity index (χ2v) is 11.6. The van der Waals surface area contributed by atoms with Crippen LogP contribution in [0.25, 0.3) is 11.1 Å². The number of piperidine rings is 1. The van der Waals surface area contributed by atoms with Crippen LogP contribution in [0.5, 0.6) is 5.88 Å². The first-order valence-electron chi connectivity index (χ1n) is 15.0. The maximum absolute atomic E-state index is 14.3. The Balaban J connectivity index is 1.29. The smallest absolute Gasteiger partial charge is 0.429 e. The minimum Gasteiger partial charge on any atom is -0.480 e. The van der Waals surface area contributed by atoms with Crippen LogP contribution in [0.3, 0.4) is 0 Å². The number of halogens is 3. The number of amides is 1. The van der Waals surface area contributed by atoms with Gasteiger partial charge in [0.15, 0.2) is 0 Å². The van der Waals surface area contributed by atoms with Crippen LogP contribution in [0.2, 0.25) is 0 Å². The SMILES string of the molecule is CCN(CC)C(=O)c1ccc(-c2ccc([C@@H](Oc3cc(N4CCC5(CC4)CN[C@H](C(=O)O)C5)nc(N)n3)C(F)(F)F)cc2)cc1. The Bertz CT molecular complexity index is 1500. The summed E-state index contributed by atoms with van der Waals surface area (Å²) in [5.41, 5.74) is 7.62. The molecule has 1 spiro atoms. The number of nitrogens with two attached hydrogens (primary N) is 1. The van der Waals surface area contributed by atoms with Gasteiger partial charge in [0.1, 0.15) is 11.9 Å². The molecule has 1 aromatic heterocycles. The molecule has 1 amide bonds. The van der Waals surface area contributed by atoms with Crippen molar-refractivity contribution >= 4 is 23.6 Å². The Labute approximate surface area is 259 Å². The summed E-state index contributed by atoms with van der Waals surface area (Å²) in [6, 6.07) is 13.6. The molecule has 0 aliphatic carbocycles. The van der Waals surface area contributed by atoms with Gasteiger partial charge in [0.2, 0.25) is 17.9 Å². The molecule has 2 aliphatic rings. The normalized spacial score (nSPS) is 18.5. The average molecular weight is 627 g/mol. The van der Waals surface area contributed by atoms with Gasteiger partial charge in [-0.3, -0.25) is 9.59 Å². The third-order valence-electron chi connectivity index (χ3n) is 8.78. The summed E-state index contributed by atoms with van der Waals surface area (Å²) in [7, 11) is 0. The molecule has 0 radical (unpaired) electrons. The number of ether oxygens (including phenoxy) is 1. The van der Waals surface area contributed by atoms with Gasteiger partial charge in [0.25, 0.3) is 5.91 Å². The number of carboxylic acid groups (broad SMARTS) is 1. The number of carboxylic acids is 1. The van der Waals surface area contributed by atoms with E-state index in [0.29, 0.717) is 68.9 Å². The van der Waals surface area contributed by atoms with Gasteiger partial charge in [-0.2, -0.15) is 23.1 Å². The number of aliphatic carboxylic acids is 1. The number of carbonyl (C=O) groups excluding carboxylic acids is 1. The summed E-state index contributed by atoms with van der Waals surface area (Å²) in [6.07, 6.45) is -5.11. The number of carbonyl (C=O) groups is 2. The lowest BCUT2D eigenvalue weighted by molar-refractivity contribution is -0.198. The van der Waals surface area contributed by atoms with E-state index >= 15 is 0 Å². The standard InChI is InChI=1S/C32H37F3N6O4/c1-3-40(4-2)28(42)23-11-7-21(8-12-23)20-5-9-22(10-6-20)27(32(33,34)35)45-26-17-25(38-30(36)39-26)41-15-13-31(14-16-41)18-24(29(43)44)37-19-31/h5-12,17,24,27,37H,3-4,13-16,18-19H2,1-2H3,(H,43,44)(H2,36,38,39)/t24-,27+/m0/s1. The Morgan fingerprint density at radius 2 is 1.67 bits per heavy atom. The number of nitrogen functional groups attached to an aromatic ring is 1. The van der Waals surface area contributed by atoms with E-state index in [1.807, 2.05) is 18.7 Å². The molecular weight excluding hydrogens is 589 g/mol. The lowest BCUT2D eigenvalue weighted by atomic mass is 9.76. The maximum atomic E-state index is 14.3. The number of nitrogens with zero attached hydrogens (tertiary/aromatic N) is 4. The van der Waals surface area contributed by atoms with Crippen molar-refractivity contribution < 1.29 is 32.6 Å². The van der Waals surface area contributed by atoms with E-state index in [1.54, 1.807) is 41.3 Å². The van der Waals surface area contributed by atoms with Crippen LogP contribution < -0.4 is 20.7 Å². The Hall–Kier alpha value is -4.39. The molecule has 10 nitrogen and oxygen atoms in total. The molecule has 4 N–H and O–H groups in total. The van der Waals surface area contributed by atoms with Crippen LogP contribution >= 0.6 is 0 Å². The minimum atomic E-state index is -4.75. The lowest BCUT2D eigenvalue weighted by Gasteiger charge is -2.39. The van der Waals surface area contributed by atoms with Crippen LogP contribution in [-0.4, -0.2) is 76.8 Å². The summed E-state index contributed by atoms with van der Waals surface area (Å²) in [4.78, 5) is 35.8. The molecular formula is C32H37F3N6O4. The predicted octanol–water partition coefficient (Wildman–Crippen LogP) is 4.92. The number of nitrogens with one attached hydrogen (secondary N) is 1. The summed E-state index contributed by atoms with van der Waals surface area (Å²) < 4.78 is 48.3. The van der Waals surface area contributed by atoms with Gasteiger partial charge in [0, 0.05) is 49.9 Å². The summed E-state index contributed by atoms with van der Waals surface area (Å²) in [5, 5.41) is 12.4. The fraction of sp³-hybridized carbons (Fsp3) is 0.438. The molecule has 2 atom stereocenters. The molecule has 0 unspecified atom stereocenters. The number of hydrogen-bond donors (Lipinski definition) is 3. The third kappa shape index (κ3) is 7.14. The molecule has 13 heteroatoms. The molecule has 5 rings (SSSR count). The van der Waals surface area contributed by atoms with E-state index in [-0.39, 0.29) is 28.7 Å². The van der Waals surface area contributed by atoms with Crippen molar-refractivity contribution in [2.45, 2.75) is 51.4 Å². The zero-order valence-electron chi connectivity index (χ0n) is 25.2. The van der Waals surface area contributed by atoms with Gasteiger partial charge in [-0.25, -0.2) is 0 Å². The van der Waals surface area contributed by atoms with Gasteiger partial charge in [0.05, 0.1) is 0 Å². The minimum absolute atomic E-state index is 0.0789. The molecule has 2 aromatic carbocycles. The van der Waals surface area contributed by atoms with Crippen molar-refractivity contribution in [3.8, 4) is 17.0 Å². The van der Waals surface area contributed by atoms with Gasteiger partial charge in [-0.05, 0) is 61.8 Å². The van der Waals surface area contributed by atoms with Crippen molar-refractivity contribution in [1.29, 1.82) is 0 Å². The summed E-state index contributed by atoms with van der Waals surface area (Å²) >= 11 is 0. The van der Waals surface area contributed by atoms with Crippen molar-refractivity contribution in [1.82, 2.24) is 20.2 Å². The molecule has 45 heavy (non-hydrogen) atoms. The van der Waals surface area contributed by atoms with Crippen LogP contribution in [0.4, 0.5) is 24.9 Å². The Morgan fingerprint density at radius 3 is 2.20 bits per heavy atom. The first-order valence-corrected chi connectivity index (χ1v) is 15.0. The van der Waals surface area contributed by atoms with Crippen LogP contribution in [0, 0.1) is 5.41 Å². The van der Waals surface area contributed by atoms with Crippen molar-refractivity contribution in [2.75, 3.05) is 43.4 Å². The molecule has 2 aliphatic heterocycles. The molecule has 0 bridgehead atoms. The quantitative estimate of drug-likeness (QED) is 0.303. The van der Waals surface area contributed by atoms with Crippen LogP contribution in [-0.2, 0) is 4.79 Å². The number of alkyl halides is 3. The topological polar surface area (TPSA) is 134 Å². The molecule has 3 heterocycles. The van der Waals surface area contributed by atoms with E-state index in [9.17, 15) is 27.9 Å². The highest BCUT2D eigenvalue weighted by Gasteiger charge is 2.45. The van der Waals surface area contributed by atoms with Gasteiger partial charge < -0.3 is 30.7 Å².